The predicted molar refractivity (Wildman–Crippen MR) is 85.5 cm³/mol. The Hall–Kier alpha value is -1.36. The van der Waals surface area contributed by atoms with Crippen LogP contribution in [-0.2, 0) is 0 Å². The third-order valence-electron chi connectivity index (χ3n) is 4.27. The number of imidazole rings is 1. The number of ether oxygens (including phenoxy) is 1. The number of nitrogens with two attached hydrogens (primary N) is 1. The van der Waals surface area contributed by atoms with Crippen LogP contribution in [0.2, 0.25) is 0 Å². The summed E-state index contributed by atoms with van der Waals surface area (Å²) in [5, 5.41) is 0.803. The van der Waals surface area contributed by atoms with E-state index < -0.39 is 0 Å². The first kappa shape index (κ1) is 13.6. The fourth-order valence-corrected chi connectivity index (χ4v) is 3.88. The van der Waals surface area contributed by atoms with Crippen molar-refractivity contribution in [2.24, 2.45) is 0 Å². The standard InChI is InChI=1S/C15H21N3OS/c1-19-11-5-8-13-14(9-11)18(15(16)17-13)10-3-6-12(20-2)7-4-10/h5,8-10,12H,3-4,6-7H2,1-2H3,(H2,16,17). The van der Waals surface area contributed by atoms with E-state index in [0.29, 0.717) is 12.0 Å². The number of aromatic nitrogens is 2. The van der Waals surface area contributed by atoms with E-state index >= 15 is 0 Å². The molecule has 20 heavy (non-hydrogen) atoms. The van der Waals surface area contributed by atoms with Crippen molar-refractivity contribution in [1.82, 2.24) is 9.55 Å². The van der Waals surface area contributed by atoms with E-state index in [1.54, 1.807) is 7.11 Å². The molecule has 0 bridgehead atoms. The lowest BCUT2D eigenvalue weighted by molar-refractivity contribution is 0.369. The van der Waals surface area contributed by atoms with E-state index in [-0.39, 0.29) is 0 Å². The molecule has 1 saturated carbocycles. The number of hydrogen-bond donors (Lipinski definition) is 1. The lowest BCUT2D eigenvalue weighted by atomic mass is 9.94. The summed E-state index contributed by atoms with van der Waals surface area (Å²) >= 11 is 1.98. The van der Waals surface area contributed by atoms with Crippen LogP contribution in [0.4, 0.5) is 5.95 Å². The third kappa shape index (κ3) is 2.35. The highest BCUT2D eigenvalue weighted by atomic mass is 32.2. The second-order valence-corrected chi connectivity index (χ2v) is 6.50. The van der Waals surface area contributed by atoms with E-state index in [1.165, 1.54) is 25.7 Å². The van der Waals surface area contributed by atoms with Gasteiger partial charge in [0, 0.05) is 17.4 Å². The summed E-state index contributed by atoms with van der Waals surface area (Å²) in [6, 6.07) is 6.42. The molecule has 0 aliphatic heterocycles. The topological polar surface area (TPSA) is 53.1 Å². The van der Waals surface area contributed by atoms with Crippen LogP contribution in [0.3, 0.4) is 0 Å². The lowest BCUT2D eigenvalue weighted by Crippen LogP contribution is -2.20. The summed E-state index contributed by atoms with van der Waals surface area (Å²) in [6.07, 6.45) is 7.08. The van der Waals surface area contributed by atoms with Crippen molar-refractivity contribution in [2.75, 3.05) is 19.1 Å². The number of fused-ring (bicyclic) bond motifs is 1. The molecule has 1 aromatic heterocycles. The van der Waals surface area contributed by atoms with Gasteiger partial charge in [-0.05, 0) is 44.1 Å². The maximum Gasteiger partial charge on any atom is 0.201 e. The Balaban J connectivity index is 1.96. The fraction of sp³-hybridized carbons (Fsp3) is 0.533. The average Bonchev–Trinajstić information content (AvgIpc) is 2.82. The van der Waals surface area contributed by atoms with Crippen LogP contribution in [0.25, 0.3) is 11.0 Å². The highest BCUT2D eigenvalue weighted by Crippen LogP contribution is 2.37. The average molecular weight is 291 g/mol. The second kappa shape index (κ2) is 5.56. The second-order valence-electron chi connectivity index (χ2n) is 5.36. The van der Waals surface area contributed by atoms with Gasteiger partial charge in [0.05, 0.1) is 18.1 Å². The lowest BCUT2D eigenvalue weighted by Gasteiger charge is -2.29. The predicted octanol–water partition coefficient (Wildman–Crippen LogP) is 3.47. The third-order valence-corrected chi connectivity index (χ3v) is 5.40. The minimum absolute atomic E-state index is 0.468. The summed E-state index contributed by atoms with van der Waals surface area (Å²) in [4.78, 5) is 4.48. The molecule has 0 spiro atoms. The normalized spacial score (nSPS) is 23.1. The van der Waals surface area contributed by atoms with Crippen LogP contribution in [-0.4, -0.2) is 28.2 Å². The Labute approximate surface area is 123 Å². The Morgan fingerprint density at radius 3 is 2.70 bits per heavy atom. The molecule has 1 aromatic carbocycles. The molecule has 2 aromatic rings. The Morgan fingerprint density at radius 1 is 1.30 bits per heavy atom. The molecule has 1 aliphatic rings. The van der Waals surface area contributed by atoms with Gasteiger partial charge in [-0.25, -0.2) is 4.98 Å². The van der Waals surface area contributed by atoms with Crippen molar-refractivity contribution < 1.29 is 4.74 Å². The smallest absolute Gasteiger partial charge is 0.201 e. The Morgan fingerprint density at radius 2 is 2.05 bits per heavy atom. The summed E-state index contributed by atoms with van der Waals surface area (Å²) in [6.45, 7) is 0. The van der Waals surface area contributed by atoms with Crippen LogP contribution in [0.15, 0.2) is 18.2 Å². The molecular formula is C15H21N3OS. The van der Waals surface area contributed by atoms with Gasteiger partial charge in [0.15, 0.2) is 0 Å². The number of anilines is 1. The van der Waals surface area contributed by atoms with Crippen molar-refractivity contribution >= 4 is 28.7 Å². The quantitative estimate of drug-likeness (QED) is 0.940. The zero-order valence-corrected chi connectivity index (χ0v) is 12.8. The maximum atomic E-state index is 6.15. The molecule has 3 rings (SSSR count). The Kier molecular flexibility index (Phi) is 3.78. The first-order valence-corrected chi connectivity index (χ1v) is 8.36. The van der Waals surface area contributed by atoms with Gasteiger partial charge in [0.25, 0.3) is 0 Å². The number of methoxy groups -OCH3 is 1. The van der Waals surface area contributed by atoms with Crippen LogP contribution < -0.4 is 10.5 Å². The molecule has 0 unspecified atom stereocenters. The Bertz CT molecular complexity index is 602. The minimum atomic E-state index is 0.468. The van der Waals surface area contributed by atoms with E-state index in [9.17, 15) is 0 Å². The van der Waals surface area contributed by atoms with Crippen LogP contribution >= 0.6 is 11.8 Å². The molecule has 0 atom stereocenters. The molecule has 0 amide bonds. The van der Waals surface area contributed by atoms with Crippen molar-refractivity contribution in [3.8, 4) is 5.75 Å². The van der Waals surface area contributed by atoms with Crippen molar-refractivity contribution in [3.05, 3.63) is 18.2 Å². The first-order valence-electron chi connectivity index (χ1n) is 7.07. The molecule has 0 saturated heterocycles. The molecule has 108 valence electrons. The first-order chi connectivity index (χ1) is 9.72. The van der Waals surface area contributed by atoms with Crippen LogP contribution in [0.1, 0.15) is 31.7 Å². The largest absolute Gasteiger partial charge is 0.497 e. The van der Waals surface area contributed by atoms with Crippen LogP contribution in [0.5, 0.6) is 5.75 Å². The van der Waals surface area contributed by atoms with Gasteiger partial charge in [-0.2, -0.15) is 11.8 Å². The van der Waals surface area contributed by atoms with E-state index in [2.05, 4.69) is 15.8 Å². The molecule has 2 N–H and O–H groups in total. The number of nitrogens with zero attached hydrogens (tertiary/aromatic N) is 2. The van der Waals surface area contributed by atoms with Crippen molar-refractivity contribution in [3.63, 3.8) is 0 Å². The highest BCUT2D eigenvalue weighted by molar-refractivity contribution is 7.99. The molecule has 1 aliphatic carbocycles. The van der Waals surface area contributed by atoms with Crippen LogP contribution in [0, 0.1) is 0 Å². The summed E-state index contributed by atoms with van der Waals surface area (Å²) < 4.78 is 7.53. The number of hydrogen-bond acceptors (Lipinski definition) is 4. The van der Waals surface area contributed by atoms with E-state index in [1.807, 2.05) is 30.0 Å². The van der Waals surface area contributed by atoms with E-state index in [0.717, 1.165) is 22.0 Å². The van der Waals surface area contributed by atoms with Gasteiger partial charge in [-0.1, -0.05) is 0 Å². The number of rotatable bonds is 3. The SMILES string of the molecule is COc1ccc2nc(N)n(C3CCC(SC)CC3)c2c1. The summed E-state index contributed by atoms with van der Waals surface area (Å²) in [5.41, 5.74) is 8.19. The van der Waals surface area contributed by atoms with E-state index in [4.69, 9.17) is 10.5 Å². The monoisotopic (exact) mass is 291 g/mol. The summed E-state index contributed by atoms with van der Waals surface area (Å²) in [7, 11) is 1.69. The van der Waals surface area contributed by atoms with Gasteiger partial charge in [-0.3, -0.25) is 0 Å². The summed E-state index contributed by atoms with van der Waals surface area (Å²) in [5.74, 6) is 1.48. The van der Waals surface area contributed by atoms with Crippen molar-refractivity contribution in [1.29, 1.82) is 0 Å². The highest BCUT2D eigenvalue weighted by Gasteiger charge is 2.24. The van der Waals surface area contributed by atoms with Gasteiger partial charge in [0.2, 0.25) is 5.95 Å². The molecule has 5 heteroatoms. The van der Waals surface area contributed by atoms with Gasteiger partial charge in [0.1, 0.15) is 5.75 Å². The molecule has 0 radical (unpaired) electrons. The maximum absolute atomic E-state index is 6.15. The van der Waals surface area contributed by atoms with Gasteiger partial charge in [-0.15, -0.1) is 0 Å². The van der Waals surface area contributed by atoms with Crippen molar-refractivity contribution in [2.45, 2.75) is 37.0 Å². The minimum Gasteiger partial charge on any atom is -0.497 e. The zero-order valence-electron chi connectivity index (χ0n) is 12.0. The number of thioether (sulfide) groups is 1. The molecule has 4 nitrogen and oxygen atoms in total. The zero-order chi connectivity index (χ0) is 14.1. The number of nitrogen functional groups attached to an aromatic ring is 1. The fourth-order valence-electron chi connectivity index (χ4n) is 3.14. The van der Waals surface area contributed by atoms with Gasteiger partial charge >= 0.3 is 0 Å². The molecular weight excluding hydrogens is 270 g/mol. The molecule has 1 fully saturated rings. The molecule has 1 heterocycles. The van der Waals surface area contributed by atoms with Gasteiger partial charge < -0.3 is 15.0 Å². The number of benzene rings is 1.